The second-order valence-corrected chi connectivity index (χ2v) is 6.13. The summed E-state index contributed by atoms with van der Waals surface area (Å²) in [6, 6.07) is 5.93. The van der Waals surface area contributed by atoms with E-state index in [2.05, 4.69) is 5.10 Å². The Morgan fingerprint density at radius 3 is 2.33 bits per heavy atom. The molecule has 0 aliphatic rings. The summed E-state index contributed by atoms with van der Waals surface area (Å²) in [5.41, 5.74) is 3.58. The number of aryl methyl sites for hydroxylation is 2. The van der Waals surface area contributed by atoms with Crippen molar-refractivity contribution in [1.82, 2.24) is 9.78 Å². The molecule has 0 spiro atoms. The molecule has 1 aromatic carbocycles. The van der Waals surface area contributed by atoms with E-state index in [0.717, 1.165) is 16.8 Å². The largest absolute Gasteiger partial charge is 0.478 e. The molecule has 0 saturated heterocycles. The van der Waals surface area contributed by atoms with Crippen molar-refractivity contribution in [3.8, 4) is 5.69 Å². The SMILES string of the molecule is Cc1cc(C)cc(-n2nc(CC(C)C)c(C(=O)O)c2Cl)c1. The Kier molecular flexibility index (Phi) is 4.37. The minimum Gasteiger partial charge on any atom is -0.478 e. The van der Waals surface area contributed by atoms with Crippen LogP contribution < -0.4 is 0 Å². The van der Waals surface area contributed by atoms with E-state index in [1.807, 2.05) is 45.9 Å². The van der Waals surface area contributed by atoms with E-state index in [9.17, 15) is 9.90 Å². The molecule has 0 amide bonds. The van der Waals surface area contributed by atoms with Crippen LogP contribution in [0.15, 0.2) is 18.2 Å². The van der Waals surface area contributed by atoms with E-state index in [0.29, 0.717) is 18.0 Å². The smallest absolute Gasteiger partial charge is 0.340 e. The summed E-state index contributed by atoms with van der Waals surface area (Å²) in [6.07, 6.45) is 0.582. The molecule has 0 radical (unpaired) electrons. The van der Waals surface area contributed by atoms with E-state index in [1.165, 1.54) is 4.68 Å². The summed E-state index contributed by atoms with van der Waals surface area (Å²) < 4.78 is 1.52. The summed E-state index contributed by atoms with van der Waals surface area (Å²) in [5.74, 6) is -0.729. The van der Waals surface area contributed by atoms with E-state index in [-0.39, 0.29) is 10.7 Å². The third-order valence-electron chi connectivity index (χ3n) is 3.17. The van der Waals surface area contributed by atoms with Crippen molar-refractivity contribution >= 4 is 17.6 Å². The van der Waals surface area contributed by atoms with E-state index in [4.69, 9.17) is 11.6 Å². The first kappa shape index (κ1) is 15.6. The van der Waals surface area contributed by atoms with Crippen LogP contribution in [0.25, 0.3) is 5.69 Å². The van der Waals surface area contributed by atoms with Crippen LogP contribution in [0.4, 0.5) is 0 Å². The predicted octanol–water partition coefficient (Wildman–Crippen LogP) is 4.04. The lowest BCUT2D eigenvalue weighted by Gasteiger charge is -2.06. The zero-order chi connectivity index (χ0) is 15.7. The van der Waals surface area contributed by atoms with Crippen LogP contribution >= 0.6 is 11.6 Å². The van der Waals surface area contributed by atoms with Crippen LogP contribution in [-0.4, -0.2) is 20.9 Å². The van der Waals surface area contributed by atoms with Gasteiger partial charge < -0.3 is 5.11 Å². The lowest BCUT2D eigenvalue weighted by atomic mass is 10.1. The standard InChI is InChI=1S/C16H19ClN2O2/c1-9(2)5-13-14(16(20)21)15(17)19(18-13)12-7-10(3)6-11(4)8-12/h6-9H,5H2,1-4H3,(H,20,21). The normalized spacial score (nSPS) is 11.1. The first-order chi connectivity index (χ1) is 9.79. The van der Waals surface area contributed by atoms with Gasteiger partial charge in [0.15, 0.2) is 0 Å². The van der Waals surface area contributed by atoms with Crippen molar-refractivity contribution in [3.05, 3.63) is 45.7 Å². The number of hydrogen-bond donors (Lipinski definition) is 1. The molecule has 0 unspecified atom stereocenters. The lowest BCUT2D eigenvalue weighted by Crippen LogP contribution is -2.03. The molecule has 2 rings (SSSR count). The number of aromatic nitrogens is 2. The number of carboxylic acid groups (broad SMARTS) is 1. The molecular formula is C16H19ClN2O2. The molecule has 0 aliphatic heterocycles. The monoisotopic (exact) mass is 306 g/mol. The summed E-state index contributed by atoms with van der Waals surface area (Å²) in [7, 11) is 0. The lowest BCUT2D eigenvalue weighted by molar-refractivity contribution is 0.0695. The molecule has 1 heterocycles. The Morgan fingerprint density at radius 2 is 1.86 bits per heavy atom. The highest BCUT2D eigenvalue weighted by molar-refractivity contribution is 6.33. The maximum atomic E-state index is 11.5. The van der Waals surface area contributed by atoms with Gasteiger partial charge in [0, 0.05) is 0 Å². The van der Waals surface area contributed by atoms with Crippen molar-refractivity contribution in [2.24, 2.45) is 5.92 Å². The van der Waals surface area contributed by atoms with Crippen molar-refractivity contribution in [2.45, 2.75) is 34.1 Å². The molecule has 0 fully saturated rings. The third-order valence-corrected chi connectivity index (χ3v) is 3.52. The molecule has 0 atom stereocenters. The van der Waals surface area contributed by atoms with E-state index in [1.54, 1.807) is 0 Å². The fourth-order valence-electron chi connectivity index (χ4n) is 2.42. The van der Waals surface area contributed by atoms with Gasteiger partial charge in [0.2, 0.25) is 0 Å². The van der Waals surface area contributed by atoms with E-state index >= 15 is 0 Å². The Hall–Kier alpha value is -1.81. The van der Waals surface area contributed by atoms with E-state index < -0.39 is 5.97 Å². The van der Waals surface area contributed by atoms with Crippen LogP contribution in [0.3, 0.4) is 0 Å². The van der Waals surface area contributed by atoms with Gasteiger partial charge in [0.25, 0.3) is 0 Å². The Balaban J connectivity index is 2.61. The van der Waals surface area contributed by atoms with Crippen LogP contribution in [0, 0.1) is 19.8 Å². The van der Waals surface area contributed by atoms with Crippen LogP contribution in [-0.2, 0) is 6.42 Å². The molecule has 0 saturated carbocycles. The number of aromatic carboxylic acids is 1. The summed E-state index contributed by atoms with van der Waals surface area (Å²) >= 11 is 6.27. The highest BCUT2D eigenvalue weighted by atomic mass is 35.5. The molecule has 112 valence electrons. The highest BCUT2D eigenvalue weighted by Crippen LogP contribution is 2.26. The number of benzene rings is 1. The Labute approximate surface area is 129 Å². The number of halogens is 1. The van der Waals surface area contributed by atoms with Crippen LogP contribution in [0.2, 0.25) is 5.15 Å². The van der Waals surface area contributed by atoms with Gasteiger partial charge in [0.05, 0.1) is 11.4 Å². The molecule has 4 nitrogen and oxygen atoms in total. The van der Waals surface area contributed by atoms with Gasteiger partial charge >= 0.3 is 5.97 Å². The topological polar surface area (TPSA) is 55.1 Å². The number of rotatable bonds is 4. The Bertz CT molecular complexity index is 670. The molecule has 1 aromatic heterocycles. The van der Waals surface area contributed by atoms with Crippen molar-refractivity contribution in [3.63, 3.8) is 0 Å². The predicted molar refractivity (Wildman–Crippen MR) is 83.5 cm³/mol. The van der Waals surface area contributed by atoms with Crippen molar-refractivity contribution in [1.29, 1.82) is 0 Å². The maximum Gasteiger partial charge on any atom is 0.340 e. The average Bonchev–Trinajstić information content (AvgIpc) is 2.63. The van der Waals surface area contributed by atoms with Gasteiger partial charge in [-0.25, -0.2) is 9.48 Å². The van der Waals surface area contributed by atoms with Gasteiger partial charge in [-0.3, -0.25) is 0 Å². The van der Waals surface area contributed by atoms with Gasteiger partial charge in [-0.15, -0.1) is 0 Å². The molecular weight excluding hydrogens is 288 g/mol. The molecule has 21 heavy (non-hydrogen) atoms. The number of nitrogens with zero attached hydrogens (tertiary/aromatic N) is 2. The average molecular weight is 307 g/mol. The minimum atomic E-state index is -1.04. The second-order valence-electron chi connectivity index (χ2n) is 5.77. The Morgan fingerprint density at radius 1 is 1.29 bits per heavy atom. The van der Waals surface area contributed by atoms with Crippen molar-refractivity contribution < 1.29 is 9.90 Å². The third kappa shape index (κ3) is 3.27. The zero-order valence-corrected chi connectivity index (χ0v) is 13.4. The van der Waals surface area contributed by atoms with Gasteiger partial charge in [-0.2, -0.15) is 5.10 Å². The fraction of sp³-hybridized carbons (Fsp3) is 0.375. The first-order valence-corrected chi connectivity index (χ1v) is 7.26. The van der Waals surface area contributed by atoms with Crippen molar-refractivity contribution in [2.75, 3.05) is 0 Å². The zero-order valence-electron chi connectivity index (χ0n) is 12.6. The molecule has 0 aliphatic carbocycles. The summed E-state index contributed by atoms with van der Waals surface area (Å²) in [5, 5.41) is 14.0. The first-order valence-electron chi connectivity index (χ1n) is 6.89. The number of carbonyl (C=O) groups is 1. The number of carboxylic acids is 1. The minimum absolute atomic E-state index is 0.101. The fourth-order valence-corrected chi connectivity index (χ4v) is 2.75. The molecule has 5 heteroatoms. The maximum absolute atomic E-state index is 11.5. The summed E-state index contributed by atoms with van der Waals surface area (Å²) in [4.78, 5) is 11.5. The summed E-state index contributed by atoms with van der Waals surface area (Å²) in [6.45, 7) is 8.02. The highest BCUT2D eigenvalue weighted by Gasteiger charge is 2.23. The van der Waals surface area contributed by atoms with Crippen LogP contribution in [0.5, 0.6) is 0 Å². The molecule has 0 bridgehead atoms. The van der Waals surface area contributed by atoms with Gasteiger partial charge in [0.1, 0.15) is 10.7 Å². The van der Waals surface area contributed by atoms with Gasteiger partial charge in [-0.1, -0.05) is 31.5 Å². The van der Waals surface area contributed by atoms with Gasteiger partial charge in [-0.05, 0) is 49.4 Å². The quantitative estimate of drug-likeness (QED) is 0.927. The molecule has 2 aromatic rings. The number of hydrogen-bond acceptors (Lipinski definition) is 2. The van der Waals surface area contributed by atoms with Crippen LogP contribution in [0.1, 0.15) is 41.0 Å². The second kappa shape index (κ2) is 5.90. The molecule has 1 N–H and O–H groups in total.